The quantitative estimate of drug-likeness (QED) is 0.538. The third kappa shape index (κ3) is 4.99. The summed E-state index contributed by atoms with van der Waals surface area (Å²) in [7, 11) is 0. The van der Waals surface area contributed by atoms with Crippen LogP contribution in [0.2, 0.25) is 0 Å². The molecule has 1 aliphatic heterocycles. The predicted octanol–water partition coefficient (Wildman–Crippen LogP) is 3.56. The molecule has 1 fully saturated rings. The van der Waals surface area contributed by atoms with Gasteiger partial charge in [-0.2, -0.15) is 0 Å². The molecular formula is C18H25NO3S. The zero-order valence-corrected chi connectivity index (χ0v) is 14.7. The highest BCUT2D eigenvalue weighted by molar-refractivity contribution is 8.00. The Hall–Kier alpha value is -1.49. The van der Waals surface area contributed by atoms with Crippen LogP contribution in [0.4, 0.5) is 0 Å². The highest BCUT2D eigenvalue weighted by Crippen LogP contribution is 2.38. The Morgan fingerprint density at radius 3 is 2.65 bits per heavy atom. The topological polar surface area (TPSA) is 46.6 Å². The number of benzene rings is 1. The molecule has 4 nitrogen and oxygen atoms in total. The summed E-state index contributed by atoms with van der Waals surface area (Å²) in [6, 6.07) is 8.27. The molecule has 0 bridgehead atoms. The van der Waals surface area contributed by atoms with Crippen molar-refractivity contribution < 1.29 is 14.3 Å². The average molecular weight is 335 g/mol. The van der Waals surface area contributed by atoms with Crippen LogP contribution in [0.25, 0.3) is 0 Å². The summed E-state index contributed by atoms with van der Waals surface area (Å²) in [5, 5.41) is -0.0865. The van der Waals surface area contributed by atoms with Crippen LogP contribution in [-0.4, -0.2) is 35.7 Å². The van der Waals surface area contributed by atoms with Gasteiger partial charge in [0.1, 0.15) is 11.9 Å². The van der Waals surface area contributed by atoms with Gasteiger partial charge in [-0.3, -0.25) is 9.59 Å². The number of ether oxygens (including phenoxy) is 1. The van der Waals surface area contributed by atoms with Gasteiger partial charge in [-0.25, -0.2) is 0 Å². The SMILES string of the molecule is CCCCCOC(=O)CN1C(=O)CSC1c1ccc(CC)cc1. The second-order valence-electron chi connectivity index (χ2n) is 5.71. The molecule has 5 heteroatoms. The van der Waals surface area contributed by atoms with E-state index in [1.165, 1.54) is 5.56 Å². The summed E-state index contributed by atoms with van der Waals surface area (Å²) in [5.74, 6) is 0.112. The standard InChI is InChI=1S/C18H25NO3S/c1-3-5-6-11-22-17(21)12-19-16(20)13-23-18(19)15-9-7-14(4-2)8-10-15/h7-10,18H,3-6,11-13H2,1-2H3. The molecule has 1 atom stereocenters. The Morgan fingerprint density at radius 1 is 1.26 bits per heavy atom. The van der Waals surface area contributed by atoms with Gasteiger partial charge in [0.25, 0.3) is 0 Å². The van der Waals surface area contributed by atoms with Gasteiger partial charge in [0.05, 0.1) is 12.4 Å². The van der Waals surface area contributed by atoms with E-state index in [4.69, 9.17) is 4.74 Å². The van der Waals surface area contributed by atoms with Crippen LogP contribution >= 0.6 is 11.8 Å². The molecule has 1 aromatic rings. The van der Waals surface area contributed by atoms with Gasteiger partial charge in [-0.05, 0) is 24.0 Å². The van der Waals surface area contributed by atoms with Crippen LogP contribution < -0.4 is 0 Å². The molecule has 23 heavy (non-hydrogen) atoms. The molecule has 1 aliphatic rings. The number of carbonyl (C=O) groups is 2. The first-order valence-corrected chi connectivity index (χ1v) is 9.36. The summed E-state index contributed by atoms with van der Waals surface area (Å²) in [4.78, 5) is 25.7. The molecule has 0 aromatic heterocycles. The fourth-order valence-electron chi connectivity index (χ4n) is 2.54. The Labute approximate surface area is 142 Å². The zero-order chi connectivity index (χ0) is 16.7. The van der Waals surface area contributed by atoms with Crippen molar-refractivity contribution in [2.45, 2.75) is 44.9 Å². The number of thioether (sulfide) groups is 1. The molecule has 126 valence electrons. The van der Waals surface area contributed by atoms with Crippen molar-refractivity contribution in [3.63, 3.8) is 0 Å². The molecule has 1 unspecified atom stereocenters. The monoisotopic (exact) mass is 335 g/mol. The highest BCUT2D eigenvalue weighted by Gasteiger charge is 2.34. The van der Waals surface area contributed by atoms with E-state index in [1.54, 1.807) is 16.7 Å². The lowest BCUT2D eigenvalue weighted by atomic mass is 10.1. The first-order valence-electron chi connectivity index (χ1n) is 8.31. The number of unbranched alkanes of at least 4 members (excludes halogenated alkanes) is 2. The maximum absolute atomic E-state index is 12.1. The predicted molar refractivity (Wildman–Crippen MR) is 93.2 cm³/mol. The van der Waals surface area contributed by atoms with E-state index in [-0.39, 0.29) is 23.8 Å². The zero-order valence-electron chi connectivity index (χ0n) is 13.9. The Balaban J connectivity index is 1.94. The van der Waals surface area contributed by atoms with Crippen molar-refractivity contribution in [1.29, 1.82) is 0 Å². The normalized spacial score (nSPS) is 17.6. The van der Waals surface area contributed by atoms with Crippen LogP contribution in [-0.2, 0) is 20.7 Å². The fourth-order valence-corrected chi connectivity index (χ4v) is 3.73. The third-order valence-corrected chi connectivity index (χ3v) is 5.21. The minimum absolute atomic E-state index is 0.00470. The Bertz CT molecular complexity index is 530. The highest BCUT2D eigenvalue weighted by atomic mass is 32.2. The van der Waals surface area contributed by atoms with Gasteiger partial charge in [0.2, 0.25) is 5.91 Å². The summed E-state index contributed by atoms with van der Waals surface area (Å²) >= 11 is 1.57. The van der Waals surface area contributed by atoms with Crippen molar-refractivity contribution in [2.75, 3.05) is 18.9 Å². The molecule has 0 aliphatic carbocycles. The lowest BCUT2D eigenvalue weighted by Gasteiger charge is -2.23. The molecule has 1 saturated heterocycles. The third-order valence-electron chi connectivity index (χ3n) is 3.95. The van der Waals surface area contributed by atoms with Crippen LogP contribution in [0.5, 0.6) is 0 Å². The Kier molecular flexibility index (Phi) is 6.96. The van der Waals surface area contributed by atoms with Crippen molar-refractivity contribution >= 4 is 23.6 Å². The van der Waals surface area contributed by atoms with E-state index in [1.807, 2.05) is 0 Å². The molecule has 2 rings (SSSR count). The Morgan fingerprint density at radius 2 is 2.00 bits per heavy atom. The average Bonchev–Trinajstić information content (AvgIpc) is 2.92. The number of hydrogen-bond donors (Lipinski definition) is 0. The molecule has 0 saturated carbocycles. The van der Waals surface area contributed by atoms with Crippen molar-refractivity contribution in [3.05, 3.63) is 35.4 Å². The maximum atomic E-state index is 12.1. The number of nitrogens with zero attached hydrogens (tertiary/aromatic N) is 1. The number of carbonyl (C=O) groups excluding carboxylic acids is 2. The summed E-state index contributed by atoms with van der Waals surface area (Å²) in [6.07, 6.45) is 4.02. The molecule has 1 aromatic carbocycles. The number of aryl methyl sites for hydroxylation is 1. The van der Waals surface area contributed by atoms with E-state index in [0.717, 1.165) is 31.2 Å². The van der Waals surface area contributed by atoms with Gasteiger partial charge >= 0.3 is 5.97 Å². The van der Waals surface area contributed by atoms with E-state index >= 15 is 0 Å². The number of esters is 1. The van der Waals surface area contributed by atoms with Gasteiger partial charge in [-0.15, -0.1) is 11.8 Å². The largest absolute Gasteiger partial charge is 0.464 e. The molecule has 1 amide bonds. The van der Waals surface area contributed by atoms with Crippen molar-refractivity contribution in [3.8, 4) is 0 Å². The minimum Gasteiger partial charge on any atom is -0.464 e. The van der Waals surface area contributed by atoms with Crippen LogP contribution in [0.1, 0.15) is 49.6 Å². The lowest BCUT2D eigenvalue weighted by molar-refractivity contribution is -0.148. The van der Waals surface area contributed by atoms with Crippen LogP contribution in [0.3, 0.4) is 0 Å². The van der Waals surface area contributed by atoms with Gasteiger partial charge in [0, 0.05) is 0 Å². The summed E-state index contributed by atoms with van der Waals surface area (Å²) in [6.45, 7) is 4.70. The molecule has 1 heterocycles. The molecule has 0 spiro atoms. The molecule has 0 N–H and O–H groups in total. The minimum atomic E-state index is -0.313. The maximum Gasteiger partial charge on any atom is 0.325 e. The van der Waals surface area contributed by atoms with Crippen LogP contribution in [0.15, 0.2) is 24.3 Å². The number of hydrogen-bond acceptors (Lipinski definition) is 4. The first kappa shape index (κ1) is 17.9. The smallest absolute Gasteiger partial charge is 0.325 e. The summed E-state index contributed by atoms with van der Waals surface area (Å²) in [5.41, 5.74) is 2.33. The fraction of sp³-hybridized carbons (Fsp3) is 0.556. The van der Waals surface area contributed by atoms with Gasteiger partial charge < -0.3 is 9.64 Å². The second-order valence-corrected chi connectivity index (χ2v) is 6.78. The lowest BCUT2D eigenvalue weighted by Crippen LogP contribution is -2.34. The molecule has 0 radical (unpaired) electrons. The van der Waals surface area contributed by atoms with E-state index in [0.29, 0.717) is 12.4 Å². The van der Waals surface area contributed by atoms with Crippen LogP contribution in [0, 0.1) is 0 Å². The van der Waals surface area contributed by atoms with Gasteiger partial charge in [0.15, 0.2) is 0 Å². The number of amides is 1. The van der Waals surface area contributed by atoms with E-state index < -0.39 is 0 Å². The van der Waals surface area contributed by atoms with E-state index in [2.05, 4.69) is 38.1 Å². The second kappa shape index (κ2) is 8.96. The number of rotatable bonds is 8. The molecular weight excluding hydrogens is 310 g/mol. The summed E-state index contributed by atoms with van der Waals surface area (Å²) < 4.78 is 5.23. The van der Waals surface area contributed by atoms with E-state index in [9.17, 15) is 9.59 Å². The van der Waals surface area contributed by atoms with Gasteiger partial charge in [-0.1, -0.05) is 51.0 Å². The first-order chi connectivity index (χ1) is 11.2. The van der Waals surface area contributed by atoms with Crippen molar-refractivity contribution in [2.24, 2.45) is 0 Å². The van der Waals surface area contributed by atoms with Crippen molar-refractivity contribution in [1.82, 2.24) is 4.90 Å².